The number of benzene rings is 2. The van der Waals surface area contributed by atoms with Crippen molar-refractivity contribution in [2.24, 2.45) is 0 Å². The first-order valence-electron chi connectivity index (χ1n) is 6.97. The Morgan fingerprint density at radius 3 is 2.60 bits per heavy atom. The number of fused-ring (bicyclic) bond motifs is 1. The van der Waals surface area contributed by atoms with Crippen molar-refractivity contribution in [2.45, 2.75) is 20.3 Å². The van der Waals surface area contributed by atoms with E-state index in [4.69, 9.17) is 0 Å². The Morgan fingerprint density at radius 2 is 1.80 bits per heavy atom. The van der Waals surface area contributed by atoms with E-state index in [2.05, 4.69) is 53.4 Å². The minimum atomic E-state index is 0.877. The van der Waals surface area contributed by atoms with Gasteiger partial charge in [-0.1, -0.05) is 18.2 Å². The summed E-state index contributed by atoms with van der Waals surface area (Å²) in [5, 5.41) is 3.40. The van der Waals surface area contributed by atoms with Gasteiger partial charge in [0.15, 0.2) is 0 Å². The average Bonchev–Trinajstić information content (AvgIpc) is 2.82. The van der Waals surface area contributed by atoms with Crippen LogP contribution in [0.4, 0.5) is 5.69 Å². The Balaban J connectivity index is 1.69. The molecule has 0 aliphatic carbocycles. The number of aryl methyl sites for hydroxylation is 2. The highest BCUT2D eigenvalue weighted by Crippen LogP contribution is 2.17. The molecule has 3 rings (SSSR count). The van der Waals surface area contributed by atoms with Crippen molar-refractivity contribution in [3.05, 3.63) is 59.4 Å². The molecule has 0 fully saturated rings. The molecule has 0 unspecified atom stereocenters. The number of nitrogens with one attached hydrogen (secondary N) is 2. The van der Waals surface area contributed by atoms with Crippen LogP contribution in [0.15, 0.2) is 42.5 Å². The molecule has 2 N–H and O–H groups in total. The standard InChI is InChI=1S/C17H19N3/c1-12-10-15-16(11-13(12)2)20-17(19-15)8-9-18-14-6-4-3-5-7-14/h3-7,10-11,18H,8-9H2,1-2H3,(H,19,20). The normalized spacial score (nSPS) is 10.9. The van der Waals surface area contributed by atoms with Gasteiger partial charge in [-0.25, -0.2) is 4.98 Å². The Morgan fingerprint density at radius 1 is 1.05 bits per heavy atom. The zero-order valence-electron chi connectivity index (χ0n) is 11.9. The van der Waals surface area contributed by atoms with Gasteiger partial charge in [-0.05, 0) is 49.2 Å². The zero-order valence-corrected chi connectivity index (χ0v) is 11.9. The van der Waals surface area contributed by atoms with Crippen molar-refractivity contribution in [3.8, 4) is 0 Å². The second-order valence-electron chi connectivity index (χ2n) is 5.18. The van der Waals surface area contributed by atoms with Crippen molar-refractivity contribution in [3.63, 3.8) is 0 Å². The van der Waals surface area contributed by atoms with Crippen molar-refractivity contribution >= 4 is 16.7 Å². The summed E-state index contributed by atoms with van der Waals surface area (Å²) >= 11 is 0. The number of nitrogens with zero attached hydrogens (tertiary/aromatic N) is 1. The van der Waals surface area contributed by atoms with Gasteiger partial charge in [0.25, 0.3) is 0 Å². The Kier molecular flexibility index (Phi) is 3.42. The van der Waals surface area contributed by atoms with E-state index in [1.165, 1.54) is 11.1 Å². The fourth-order valence-corrected chi connectivity index (χ4v) is 2.32. The van der Waals surface area contributed by atoms with E-state index in [-0.39, 0.29) is 0 Å². The predicted molar refractivity (Wildman–Crippen MR) is 84.2 cm³/mol. The van der Waals surface area contributed by atoms with E-state index in [1.807, 2.05) is 18.2 Å². The summed E-state index contributed by atoms with van der Waals surface area (Å²) < 4.78 is 0. The molecule has 0 radical (unpaired) electrons. The summed E-state index contributed by atoms with van der Waals surface area (Å²) in [6.45, 7) is 5.13. The maximum Gasteiger partial charge on any atom is 0.108 e. The average molecular weight is 265 g/mol. The summed E-state index contributed by atoms with van der Waals surface area (Å²) in [7, 11) is 0. The van der Waals surface area contributed by atoms with E-state index < -0.39 is 0 Å². The predicted octanol–water partition coefficient (Wildman–Crippen LogP) is 3.83. The second-order valence-corrected chi connectivity index (χ2v) is 5.18. The molecule has 102 valence electrons. The summed E-state index contributed by atoms with van der Waals surface area (Å²) in [5.41, 5.74) is 5.92. The van der Waals surface area contributed by atoms with Crippen LogP contribution >= 0.6 is 0 Å². The summed E-state index contributed by atoms with van der Waals surface area (Å²) in [5.74, 6) is 1.04. The molecular formula is C17H19N3. The van der Waals surface area contributed by atoms with Crippen molar-refractivity contribution in [1.82, 2.24) is 9.97 Å². The smallest absolute Gasteiger partial charge is 0.108 e. The minimum absolute atomic E-state index is 0.877. The number of hydrogen-bond acceptors (Lipinski definition) is 2. The lowest BCUT2D eigenvalue weighted by Crippen LogP contribution is -2.05. The van der Waals surface area contributed by atoms with E-state index in [0.717, 1.165) is 35.5 Å². The van der Waals surface area contributed by atoms with E-state index >= 15 is 0 Å². The Hall–Kier alpha value is -2.29. The third kappa shape index (κ3) is 2.67. The van der Waals surface area contributed by atoms with Crippen LogP contribution < -0.4 is 5.32 Å². The molecule has 0 atom stereocenters. The molecule has 20 heavy (non-hydrogen) atoms. The van der Waals surface area contributed by atoms with Gasteiger partial charge in [0.2, 0.25) is 0 Å². The quantitative estimate of drug-likeness (QED) is 0.752. The maximum absolute atomic E-state index is 4.65. The summed E-state index contributed by atoms with van der Waals surface area (Å²) in [6, 6.07) is 14.6. The molecular weight excluding hydrogens is 246 g/mol. The van der Waals surface area contributed by atoms with Crippen LogP contribution in [0.5, 0.6) is 0 Å². The number of anilines is 1. The van der Waals surface area contributed by atoms with Crippen LogP contribution in [0.1, 0.15) is 17.0 Å². The number of hydrogen-bond donors (Lipinski definition) is 2. The van der Waals surface area contributed by atoms with Gasteiger partial charge >= 0.3 is 0 Å². The highest BCUT2D eigenvalue weighted by atomic mass is 14.9. The third-order valence-electron chi connectivity index (χ3n) is 3.61. The van der Waals surface area contributed by atoms with Crippen molar-refractivity contribution in [1.29, 1.82) is 0 Å². The van der Waals surface area contributed by atoms with Gasteiger partial charge in [-0.2, -0.15) is 0 Å². The molecule has 0 saturated carbocycles. The van der Waals surface area contributed by atoms with Crippen LogP contribution in [0.2, 0.25) is 0 Å². The number of aromatic nitrogens is 2. The topological polar surface area (TPSA) is 40.7 Å². The van der Waals surface area contributed by atoms with Gasteiger partial charge < -0.3 is 10.3 Å². The lowest BCUT2D eigenvalue weighted by Gasteiger charge is -2.03. The first-order chi connectivity index (χ1) is 9.72. The molecule has 2 aromatic carbocycles. The van der Waals surface area contributed by atoms with Gasteiger partial charge in [-0.15, -0.1) is 0 Å². The molecule has 3 nitrogen and oxygen atoms in total. The molecule has 0 aliphatic heterocycles. The molecule has 0 saturated heterocycles. The molecule has 1 aromatic heterocycles. The molecule has 1 heterocycles. The minimum Gasteiger partial charge on any atom is -0.385 e. The molecule has 0 amide bonds. The number of imidazole rings is 1. The highest BCUT2D eigenvalue weighted by Gasteiger charge is 2.04. The lowest BCUT2D eigenvalue weighted by atomic mass is 10.1. The largest absolute Gasteiger partial charge is 0.385 e. The Labute approximate surface area is 119 Å². The van der Waals surface area contributed by atoms with Crippen LogP contribution in [0.3, 0.4) is 0 Å². The first kappa shape index (κ1) is 12.7. The number of aromatic amines is 1. The van der Waals surface area contributed by atoms with Gasteiger partial charge in [0, 0.05) is 18.7 Å². The maximum atomic E-state index is 4.65. The molecule has 0 aliphatic rings. The highest BCUT2D eigenvalue weighted by molar-refractivity contribution is 5.77. The SMILES string of the molecule is Cc1cc2nc(CCNc3ccccc3)[nH]c2cc1C. The fourth-order valence-electron chi connectivity index (χ4n) is 2.32. The number of H-pyrrole nitrogens is 1. The fraction of sp³-hybridized carbons (Fsp3) is 0.235. The monoisotopic (exact) mass is 265 g/mol. The van der Waals surface area contributed by atoms with E-state index in [1.54, 1.807) is 0 Å². The molecule has 0 bridgehead atoms. The number of rotatable bonds is 4. The first-order valence-corrected chi connectivity index (χ1v) is 6.97. The zero-order chi connectivity index (χ0) is 13.9. The van der Waals surface area contributed by atoms with Crippen LogP contribution in [-0.4, -0.2) is 16.5 Å². The van der Waals surface area contributed by atoms with Gasteiger partial charge in [0.1, 0.15) is 5.82 Å². The molecule has 3 aromatic rings. The van der Waals surface area contributed by atoms with Crippen molar-refractivity contribution < 1.29 is 0 Å². The third-order valence-corrected chi connectivity index (χ3v) is 3.61. The lowest BCUT2D eigenvalue weighted by molar-refractivity contribution is 0.934. The van der Waals surface area contributed by atoms with Crippen molar-refractivity contribution in [2.75, 3.05) is 11.9 Å². The summed E-state index contributed by atoms with van der Waals surface area (Å²) in [4.78, 5) is 8.05. The second kappa shape index (κ2) is 5.37. The molecule has 3 heteroatoms. The van der Waals surface area contributed by atoms with Crippen LogP contribution in [0.25, 0.3) is 11.0 Å². The van der Waals surface area contributed by atoms with Crippen LogP contribution in [-0.2, 0) is 6.42 Å². The van der Waals surface area contributed by atoms with E-state index in [9.17, 15) is 0 Å². The molecule has 0 spiro atoms. The summed E-state index contributed by atoms with van der Waals surface area (Å²) in [6.07, 6.45) is 0.891. The Bertz CT molecular complexity index is 675. The van der Waals surface area contributed by atoms with Gasteiger partial charge in [-0.3, -0.25) is 0 Å². The van der Waals surface area contributed by atoms with E-state index in [0.29, 0.717) is 0 Å². The van der Waals surface area contributed by atoms with Gasteiger partial charge in [0.05, 0.1) is 11.0 Å². The van der Waals surface area contributed by atoms with Crippen LogP contribution in [0, 0.1) is 13.8 Å². The number of para-hydroxylation sites is 1.